The van der Waals surface area contributed by atoms with E-state index in [0.29, 0.717) is 6.42 Å². The van der Waals surface area contributed by atoms with Gasteiger partial charge in [0.1, 0.15) is 10.9 Å². The number of carboxylic acid groups (broad SMARTS) is 1. The molecule has 2 rings (SSSR count). The molecule has 10 heteroatoms. The number of carboxylic acids is 1. The number of aliphatic carboxylic acids is 1. The van der Waals surface area contributed by atoms with Gasteiger partial charge in [-0.25, -0.2) is 13.2 Å². The van der Waals surface area contributed by atoms with E-state index < -0.39 is 28.0 Å². The molecule has 2 heterocycles. The van der Waals surface area contributed by atoms with Gasteiger partial charge < -0.3 is 9.84 Å². The number of sulfonamides is 1. The number of hydrogen-bond donors (Lipinski definition) is 1. The van der Waals surface area contributed by atoms with Crippen molar-refractivity contribution in [1.82, 2.24) is 8.68 Å². The zero-order chi connectivity index (χ0) is 14.9. The van der Waals surface area contributed by atoms with Gasteiger partial charge in [0.05, 0.1) is 7.11 Å². The number of esters is 1. The first-order valence-corrected chi connectivity index (χ1v) is 7.94. The lowest BCUT2D eigenvalue weighted by Gasteiger charge is -2.20. The summed E-state index contributed by atoms with van der Waals surface area (Å²) in [5.41, 5.74) is -0.312. The molecule has 1 fully saturated rings. The summed E-state index contributed by atoms with van der Waals surface area (Å²) in [6, 6.07) is -1.11. The Morgan fingerprint density at radius 2 is 2.25 bits per heavy atom. The molecule has 0 bridgehead atoms. The highest BCUT2D eigenvalue weighted by Crippen LogP contribution is 2.29. The average Bonchev–Trinajstić information content (AvgIpc) is 3.06. The fraction of sp³-hybridized carbons (Fsp3) is 0.500. The number of aromatic nitrogens is 1. The van der Waals surface area contributed by atoms with E-state index in [9.17, 15) is 18.0 Å². The lowest BCUT2D eigenvalue weighted by Crippen LogP contribution is -2.40. The molecule has 0 unspecified atom stereocenters. The van der Waals surface area contributed by atoms with Gasteiger partial charge in [-0.2, -0.15) is 8.68 Å². The van der Waals surface area contributed by atoms with Crippen LogP contribution in [0.25, 0.3) is 0 Å². The molecule has 8 nitrogen and oxygen atoms in total. The van der Waals surface area contributed by atoms with Gasteiger partial charge in [0.2, 0.25) is 10.0 Å². The van der Waals surface area contributed by atoms with E-state index in [4.69, 9.17) is 5.11 Å². The normalized spacial score (nSPS) is 19.9. The van der Waals surface area contributed by atoms with Crippen LogP contribution in [0.4, 0.5) is 0 Å². The summed E-state index contributed by atoms with van der Waals surface area (Å²) >= 11 is 0.801. The largest absolute Gasteiger partial charge is 0.480 e. The molecular weight excluding hydrogens is 308 g/mol. The average molecular weight is 320 g/mol. The molecule has 0 amide bonds. The van der Waals surface area contributed by atoms with Crippen LogP contribution in [0.5, 0.6) is 0 Å². The van der Waals surface area contributed by atoms with Gasteiger partial charge in [-0.15, -0.1) is 0 Å². The van der Waals surface area contributed by atoms with Crippen molar-refractivity contribution in [2.45, 2.75) is 23.8 Å². The van der Waals surface area contributed by atoms with Gasteiger partial charge in [-0.1, -0.05) is 0 Å². The summed E-state index contributed by atoms with van der Waals surface area (Å²) in [5, 5.41) is 10.3. The molecule has 0 saturated carbocycles. The number of carbonyl (C=O) groups is 2. The molecule has 1 aliphatic heterocycles. The van der Waals surface area contributed by atoms with E-state index in [1.54, 1.807) is 0 Å². The van der Waals surface area contributed by atoms with Crippen LogP contribution in [0, 0.1) is 0 Å². The topological polar surface area (TPSA) is 114 Å². The second-order valence-corrected chi connectivity index (χ2v) is 6.62. The van der Waals surface area contributed by atoms with Crippen molar-refractivity contribution < 1.29 is 27.9 Å². The van der Waals surface area contributed by atoms with Crippen LogP contribution >= 0.6 is 11.5 Å². The van der Waals surface area contributed by atoms with E-state index in [1.807, 2.05) is 0 Å². The summed E-state index contributed by atoms with van der Waals surface area (Å²) in [6.45, 7) is 0.107. The van der Waals surface area contributed by atoms with Crippen molar-refractivity contribution in [3.05, 3.63) is 11.1 Å². The summed E-state index contributed by atoms with van der Waals surface area (Å²) in [6.07, 6.45) is 0.709. The minimum Gasteiger partial charge on any atom is -0.480 e. The van der Waals surface area contributed by atoms with Gasteiger partial charge in [0.15, 0.2) is 5.69 Å². The molecule has 1 aromatic rings. The van der Waals surface area contributed by atoms with Crippen molar-refractivity contribution in [3.8, 4) is 0 Å². The van der Waals surface area contributed by atoms with Gasteiger partial charge in [-0.05, 0) is 24.4 Å². The minimum absolute atomic E-state index is 0.107. The molecule has 1 atom stereocenters. The molecule has 0 aromatic carbocycles. The van der Waals surface area contributed by atoms with E-state index in [2.05, 4.69) is 9.11 Å². The standard InChI is InChI=1S/C10H12N2O6S2/c1-18-10(15)8-7(5-19-11-8)20(16,17)12-4-2-3-6(12)9(13)14/h5-6H,2-4H2,1H3,(H,13,14)/t6-/m0/s1. The van der Waals surface area contributed by atoms with Crippen LogP contribution in [-0.4, -0.2) is 53.8 Å². The van der Waals surface area contributed by atoms with Crippen molar-refractivity contribution in [3.63, 3.8) is 0 Å². The van der Waals surface area contributed by atoms with Crippen LogP contribution in [0.2, 0.25) is 0 Å². The van der Waals surface area contributed by atoms with E-state index in [-0.39, 0.29) is 23.6 Å². The third kappa shape index (κ3) is 2.41. The quantitative estimate of drug-likeness (QED) is 0.786. The second-order valence-electron chi connectivity index (χ2n) is 4.13. The van der Waals surface area contributed by atoms with Crippen molar-refractivity contribution in [2.75, 3.05) is 13.7 Å². The Morgan fingerprint density at radius 3 is 2.85 bits per heavy atom. The Morgan fingerprint density at radius 1 is 1.55 bits per heavy atom. The summed E-state index contributed by atoms with van der Waals surface area (Å²) in [4.78, 5) is 22.3. The van der Waals surface area contributed by atoms with Crippen molar-refractivity contribution in [2.24, 2.45) is 0 Å². The molecular formula is C10H12N2O6S2. The molecule has 20 heavy (non-hydrogen) atoms. The number of methoxy groups -OCH3 is 1. The Hall–Kier alpha value is -1.52. The zero-order valence-electron chi connectivity index (χ0n) is 10.5. The Bertz CT molecular complexity index is 638. The first-order chi connectivity index (χ1) is 9.39. The van der Waals surface area contributed by atoms with Crippen LogP contribution in [-0.2, 0) is 19.6 Å². The fourth-order valence-corrected chi connectivity index (χ4v) is 4.78. The van der Waals surface area contributed by atoms with Crippen LogP contribution < -0.4 is 0 Å². The van der Waals surface area contributed by atoms with Crippen LogP contribution in [0.15, 0.2) is 10.3 Å². The smallest absolute Gasteiger partial charge is 0.359 e. The highest BCUT2D eigenvalue weighted by molar-refractivity contribution is 7.89. The van der Waals surface area contributed by atoms with E-state index in [0.717, 1.165) is 22.9 Å². The SMILES string of the molecule is COC(=O)c1nscc1S(=O)(=O)N1CCC[C@H]1C(=O)O. The monoisotopic (exact) mass is 320 g/mol. The van der Waals surface area contributed by atoms with E-state index >= 15 is 0 Å². The summed E-state index contributed by atoms with van der Waals surface area (Å²) in [5.74, 6) is -2.07. The summed E-state index contributed by atoms with van der Waals surface area (Å²) < 4.78 is 34.0. The molecule has 1 aliphatic rings. The number of rotatable bonds is 4. The predicted octanol–water partition coefficient (Wildman–Crippen LogP) is 0.167. The van der Waals surface area contributed by atoms with Crippen LogP contribution in [0.3, 0.4) is 0 Å². The van der Waals surface area contributed by atoms with Gasteiger partial charge >= 0.3 is 11.9 Å². The Kier molecular flexibility index (Phi) is 4.06. The Labute approximate surface area is 119 Å². The predicted molar refractivity (Wildman–Crippen MR) is 68.0 cm³/mol. The maximum Gasteiger partial charge on any atom is 0.359 e. The number of nitrogens with zero attached hydrogens (tertiary/aromatic N) is 2. The first kappa shape index (κ1) is 14.9. The molecule has 1 saturated heterocycles. The van der Waals surface area contributed by atoms with Crippen molar-refractivity contribution >= 4 is 33.5 Å². The van der Waals surface area contributed by atoms with Crippen LogP contribution in [0.1, 0.15) is 23.3 Å². The fourth-order valence-electron chi connectivity index (χ4n) is 2.05. The maximum atomic E-state index is 12.5. The molecule has 1 N–H and O–H groups in total. The lowest BCUT2D eigenvalue weighted by atomic mass is 10.2. The molecule has 110 valence electrons. The first-order valence-electron chi connectivity index (χ1n) is 5.67. The molecule has 1 aromatic heterocycles. The molecule has 0 radical (unpaired) electrons. The van der Waals surface area contributed by atoms with Gasteiger partial charge in [0.25, 0.3) is 0 Å². The van der Waals surface area contributed by atoms with Gasteiger partial charge in [0, 0.05) is 11.9 Å². The maximum absolute atomic E-state index is 12.5. The number of ether oxygens (including phenoxy) is 1. The third-order valence-corrected chi connectivity index (χ3v) is 5.69. The molecule has 0 spiro atoms. The highest BCUT2D eigenvalue weighted by atomic mass is 32.2. The lowest BCUT2D eigenvalue weighted by molar-refractivity contribution is -0.140. The summed E-state index contributed by atoms with van der Waals surface area (Å²) in [7, 11) is -2.96. The zero-order valence-corrected chi connectivity index (χ0v) is 12.1. The number of carbonyl (C=O) groups excluding carboxylic acids is 1. The van der Waals surface area contributed by atoms with E-state index in [1.165, 1.54) is 5.38 Å². The Balaban J connectivity index is 2.43. The molecule has 0 aliphatic carbocycles. The second kappa shape index (κ2) is 5.46. The third-order valence-electron chi connectivity index (χ3n) is 2.99. The van der Waals surface area contributed by atoms with Gasteiger partial charge in [-0.3, -0.25) is 4.79 Å². The van der Waals surface area contributed by atoms with Crippen molar-refractivity contribution in [1.29, 1.82) is 0 Å². The minimum atomic E-state index is -4.08. The highest BCUT2D eigenvalue weighted by Gasteiger charge is 2.41. The number of hydrogen-bond acceptors (Lipinski definition) is 7.